The molecule has 8 nitrogen and oxygen atoms in total. The molecule has 3 aliphatic heterocycles. The maximum atomic E-state index is 14.2. The van der Waals surface area contributed by atoms with Crippen molar-refractivity contribution in [3.63, 3.8) is 0 Å². The minimum Gasteiger partial charge on any atom is -0.394 e. The van der Waals surface area contributed by atoms with E-state index in [0.29, 0.717) is 32.4 Å². The molecular weight excluding hydrogens is 482 g/mol. The number of rotatable bonds is 11. The molecule has 202 valence electrons. The van der Waals surface area contributed by atoms with Gasteiger partial charge in [-0.25, -0.2) is 0 Å². The van der Waals surface area contributed by atoms with Crippen molar-refractivity contribution in [1.29, 1.82) is 0 Å². The van der Waals surface area contributed by atoms with Gasteiger partial charge in [-0.3, -0.25) is 14.4 Å². The zero-order valence-electron chi connectivity index (χ0n) is 21.8. The molecule has 3 aliphatic rings. The van der Waals surface area contributed by atoms with E-state index in [4.69, 9.17) is 4.74 Å². The fraction of sp³-hybridized carbons (Fsp3) is 0.500. The zero-order valence-corrected chi connectivity index (χ0v) is 21.8. The summed E-state index contributed by atoms with van der Waals surface area (Å²) in [6.07, 6.45) is 2.89. The first-order chi connectivity index (χ1) is 18.5. The summed E-state index contributed by atoms with van der Waals surface area (Å²) in [5.41, 5.74) is 0.855. The van der Waals surface area contributed by atoms with Crippen LogP contribution >= 0.6 is 0 Å². The number of carbonyl (C=O) groups excluding carboxylic acids is 3. The van der Waals surface area contributed by atoms with Crippen molar-refractivity contribution in [2.45, 2.75) is 69.4 Å². The van der Waals surface area contributed by atoms with Crippen LogP contribution in [0.2, 0.25) is 0 Å². The highest BCUT2D eigenvalue weighted by Gasteiger charge is 2.75. The average molecular weight is 520 g/mol. The largest absolute Gasteiger partial charge is 0.394 e. The highest BCUT2D eigenvalue weighted by molar-refractivity contribution is 5.99. The molecule has 5 rings (SSSR count). The average Bonchev–Trinajstić information content (AvgIpc) is 3.59. The summed E-state index contributed by atoms with van der Waals surface area (Å²) in [6, 6.07) is 17.8. The van der Waals surface area contributed by atoms with Gasteiger partial charge in [-0.1, -0.05) is 74.0 Å². The lowest BCUT2D eigenvalue weighted by atomic mass is 9.70. The number of nitrogens with zero attached hydrogens (tertiary/aromatic N) is 1. The van der Waals surface area contributed by atoms with Crippen molar-refractivity contribution in [1.82, 2.24) is 15.5 Å². The van der Waals surface area contributed by atoms with Crippen LogP contribution < -0.4 is 10.6 Å². The molecule has 2 bridgehead atoms. The predicted molar refractivity (Wildman–Crippen MR) is 142 cm³/mol. The summed E-state index contributed by atoms with van der Waals surface area (Å²) in [7, 11) is 0. The molecule has 0 radical (unpaired) electrons. The number of fused-ring (bicyclic) bond motifs is 1. The van der Waals surface area contributed by atoms with Gasteiger partial charge in [0.05, 0.1) is 30.6 Å². The highest BCUT2D eigenvalue weighted by Crippen LogP contribution is 2.58. The van der Waals surface area contributed by atoms with Crippen molar-refractivity contribution in [2.24, 2.45) is 11.8 Å². The molecule has 3 amide bonds. The van der Waals surface area contributed by atoms with Crippen LogP contribution in [0.1, 0.15) is 43.7 Å². The molecule has 1 spiro atoms. The van der Waals surface area contributed by atoms with Crippen molar-refractivity contribution in [3.8, 4) is 0 Å². The smallest absolute Gasteiger partial charge is 0.245 e. The SMILES string of the molecule is CCCCNC(=O)C1N([C@@H](CO)Cc2ccccc2)C(=O)[C@@H]2[C@H](C(=O)NCc3ccccc3)[C@@H]3CCC12O3. The summed E-state index contributed by atoms with van der Waals surface area (Å²) < 4.78 is 6.49. The zero-order chi connectivity index (χ0) is 26.7. The molecule has 3 fully saturated rings. The van der Waals surface area contributed by atoms with Gasteiger partial charge < -0.3 is 25.4 Å². The number of aliphatic hydroxyl groups is 1. The second-order valence-corrected chi connectivity index (χ2v) is 10.7. The van der Waals surface area contributed by atoms with Crippen LogP contribution in [0.15, 0.2) is 60.7 Å². The number of nitrogens with one attached hydrogen (secondary N) is 2. The van der Waals surface area contributed by atoms with Gasteiger partial charge in [0.25, 0.3) is 0 Å². The molecule has 6 atom stereocenters. The molecule has 8 heteroatoms. The Bertz CT molecular complexity index is 1140. The summed E-state index contributed by atoms with van der Waals surface area (Å²) in [5.74, 6) is -2.21. The predicted octanol–water partition coefficient (Wildman–Crippen LogP) is 2.20. The van der Waals surface area contributed by atoms with E-state index in [2.05, 4.69) is 10.6 Å². The van der Waals surface area contributed by atoms with E-state index in [0.717, 1.165) is 24.0 Å². The van der Waals surface area contributed by atoms with Crippen LogP contribution in [0.3, 0.4) is 0 Å². The van der Waals surface area contributed by atoms with Gasteiger partial charge in [0.15, 0.2) is 0 Å². The number of amides is 3. The van der Waals surface area contributed by atoms with E-state index in [9.17, 15) is 19.5 Å². The third-order valence-corrected chi connectivity index (χ3v) is 8.35. The third kappa shape index (κ3) is 4.71. The van der Waals surface area contributed by atoms with Crippen LogP contribution in [0.25, 0.3) is 0 Å². The summed E-state index contributed by atoms with van der Waals surface area (Å²) in [5, 5.41) is 16.5. The Kier molecular flexibility index (Phi) is 7.81. The third-order valence-electron chi connectivity index (χ3n) is 8.35. The maximum absolute atomic E-state index is 14.2. The first-order valence-electron chi connectivity index (χ1n) is 13.7. The first-order valence-corrected chi connectivity index (χ1v) is 13.7. The molecule has 2 aromatic rings. The molecule has 3 N–H and O–H groups in total. The number of hydrogen-bond donors (Lipinski definition) is 3. The Balaban J connectivity index is 1.44. The van der Waals surface area contributed by atoms with Crippen LogP contribution in [0.4, 0.5) is 0 Å². The molecular formula is C30H37N3O5. The number of likely N-dealkylation sites (tertiary alicyclic amines) is 1. The van der Waals surface area contributed by atoms with Crippen molar-refractivity contribution in [2.75, 3.05) is 13.2 Å². The van der Waals surface area contributed by atoms with Gasteiger partial charge in [-0.15, -0.1) is 0 Å². The Morgan fingerprint density at radius 1 is 1.05 bits per heavy atom. The molecule has 3 saturated heterocycles. The molecule has 0 aliphatic carbocycles. The van der Waals surface area contributed by atoms with Gasteiger partial charge in [-0.05, 0) is 36.8 Å². The highest BCUT2D eigenvalue weighted by atomic mass is 16.5. The summed E-state index contributed by atoms with van der Waals surface area (Å²) in [6.45, 7) is 2.61. The van der Waals surface area contributed by atoms with Crippen LogP contribution in [0.5, 0.6) is 0 Å². The molecule has 0 saturated carbocycles. The van der Waals surface area contributed by atoms with Crippen molar-refractivity contribution < 1.29 is 24.2 Å². The van der Waals surface area contributed by atoms with Gasteiger partial charge >= 0.3 is 0 Å². The fourth-order valence-corrected chi connectivity index (χ4v) is 6.61. The van der Waals surface area contributed by atoms with Gasteiger partial charge in [0.1, 0.15) is 11.6 Å². The van der Waals surface area contributed by atoms with E-state index in [1.807, 2.05) is 67.6 Å². The van der Waals surface area contributed by atoms with Crippen molar-refractivity contribution >= 4 is 17.7 Å². The summed E-state index contributed by atoms with van der Waals surface area (Å²) in [4.78, 5) is 42.9. The maximum Gasteiger partial charge on any atom is 0.245 e. The minimum absolute atomic E-state index is 0.227. The normalized spacial score (nSPS) is 28.3. The molecule has 2 aromatic carbocycles. The topological polar surface area (TPSA) is 108 Å². The quantitative estimate of drug-likeness (QED) is 0.395. The number of hydrogen-bond acceptors (Lipinski definition) is 5. The molecule has 0 aromatic heterocycles. The van der Waals surface area contributed by atoms with Gasteiger partial charge in [0, 0.05) is 13.1 Å². The molecule has 2 unspecified atom stereocenters. The van der Waals surface area contributed by atoms with E-state index in [1.165, 1.54) is 4.90 Å². The van der Waals surface area contributed by atoms with Gasteiger partial charge in [-0.2, -0.15) is 0 Å². The first kappa shape index (κ1) is 26.4. The van der Waals surface area contributed by atoms with Crippen LogP contribution in [0, 0.1) is 11.8 Å². The Morgan fingerprint density at radius 2 is 1.74 bits per heavy atom. The standard InChI is InChI=1S/C30H37N3O5/c1-2-3-16-31-28(36)26-30-15-14-23(38-30)24(27(35)32-18-21-12-8-5-9-13-21)25(30)29(37)33(26)22(19-34)17-20-10-6-4-7-11-20/h4-13,22-26,34H,2-3,14-19H2,1H3,(H,31,36)(H,32,35)/t22-,23+,24-,25+,26?,30?/m1/s1. The second kappa shape index (κ2) is 11.3. The lowest BCUT2D eigenvalue weighted by molar-refractivity contribution is -0.145. The van der Waals surface area contributed by atoms with Crippen LogP contribution in [-0.4, -0.2) is 64.7 Å². The number of carbonyl (C=O) groups is 3. The van der Waals surface area contributed by atoms with Crippen molar-refractivity contribution in [3.05, 3.63) is 71.8 Å². The fourth-order valence-electron chi connectivity index (χ4n) is 6.61. The number of aliphatic hydroxyl groups excluding tert-OH is 1. The lowest BCUT2D eigenvalue weighted by Gasteiger charge is -2.36. The number of benzene rings is 2. The Morgan fingerprint density at radius 3 is 2.39 bits per heavy atom. The number of unbranched alkanes of at least 4 members (excludes halogenated alkanes) is 1. The van der Waals surface area contributed by atoms with E-state index < -0.39 is 35.6 Å². The second-order valence-electron chi connectivity index (χ2n) is 10.7. The Labute approximate surface area is 223 Å². The van der Waals surface area contributed by atoms with Crippen LogP contribution in [-0.2, 0) is 32.1 Å². The summed E-state index contributed by atoms with van der Waals surface area (Å²) >= 11 is 0. The minimum atomic E-state index is -1.07. The lowest BCUT2D eigenvalue weighted by Crippen LogP contribution is -2.58. The van der Waals surface area contributed by atoms with E-state index in [1.54, 1.807) is 0 Å². The molecule has 38 heavy (non-hydrogen) atoms. The monoisotopic (exact) mass is 519 g/mol. The van der Waals surface area contributed by atoms with Gasteiger partial charge in [0.2, 0.25) is 17.7 Å². The van der Waals surface area contributed by atoms with E-state index >= 15 is 0 Å². The molecule has 3 heterocycles. The van der Waals surface area contributed by atoms with E-state index in [-0.39, 0.29) is 24.3 Å². The number of ether oxygens (including phenoxy) is 1. The Hall–Kier alpha value is -3.23.